The number of nitrogens with zero attached hydrogens (tertiary/aromatic N) is 1. The van der Waals surface area contributed by atoms with Gasteiger partial charge in [0.15, 0.2) is 0 Å². The Bertz CT molecular complexity index is 962. The first-order valence-corrected chi connectivity index (χ1v) is 8.32. The smallest absolute Gasteiger partial charge is 0.322 e. The normalized spacial score (nSPS) is 13.2. The Morgan fingerprint density at radius 2 is 1.68 bits per heavy atom. The van der Waals surface area contributed by atoms with Gasteiger partial charge in [-0.25, -0.2) is 8.42 Å². The number of aromatic nitrogens is 1. The van der Waals surface area contributed by atoms with Gasteiger partial charge in [-0.05, 0) is 18.2 Å². The highest BCUT2D eigenvalue weighted by atomic mass is 32.2. The first-order valence-electron chi connectivity index (χ1n) is 6.47. The highest BCUT2D eigenvalue weighted by Crippen LogP contribution is 2.35. The summed E-state index contributed by atoms with van der Waals surface area (Å²) < 4.78 is 100. The lowest BCUT2D eigenvalue weighted by molar-refractivity contribution is -0.136. The van der Waals surface area contributed by atoms with Crippen LogP contribution in [0, 0.1) is 0 Å². The van der Waals surface area contributed by atoms with Gasteiger partial charge in [0.05, 0.1) is 17.5 Å². The summed E-state index contributed by atoms with van der Waals surface area (Å²) in [6, 6.07) is 2.68. The van der Waals surface area contributed by atoms with Crippen molar-refractivity contribution in [2.75, 3.05) is 17.1 Å². The average molecular weight is 388 g/mol. The van der Waals surface area contributed by atoms with E-state index in [9.17, 15) is 39.6 Å². The van der Waals surface area contributed by atoms with Crippen LogP contribution >= 0.6 is 0 Å². The minimum absolute atomic E-state index is 0.0578. The second-order valence-electron chi connectivity index (χ2n) is 5.16. The molecule has 1 heterocycles. The lowest BCUT2D eigenvalue weighted by Gasteiger charge is -2.24. The second kappa shape index (κ2) is 5.93. The molecule has 0 aliphatic carbocycles. The number of pyridine rings is 1. The van der Waals surface area contributed by atoms with Crippen molar-refractivity contribution in [2.45, 2.75) is 12.4 Å². The van der Waals surface area contributed by atoms with Crippen molar-refractivity contribution in [2.24, 2.45) is 0 Å². The molecule has 0 atom stereocenters. The highest BCUT2D eigenvalue weighted by molar-refractivity contribution is 7.92. The fourth-order valence-corrected chi connectivity index (χ4v) is 3.07. The van der Waals surface area contributed by atoms with Crippen LogP contribution in [0.3, 0.4) is 0 Å². The van der Waals surface area contributed by atoms with Gasteiger partial charge in [0.25, 0.3) is 0 Å². The topological polar surface area (TPSA) is 70.2 Å². The molecule has 2 rings (SSSR count). The van der Waals surface area contributed by atoms with E-state index in [1.54, 1.807) is 0 Å². The molecule has 5 nitrogen and oxygen atoms in total. The Morgan fingerprint density at radius 1 is 1.08 bits per heavy atom. The van der Waals surface area contributed by atoms with Crippen LogP contribution in [0.15, 0.2) is 29.1 Å². The van der Waals surface area contributed by atoms with Gasteiger partial charge in [-0.2, -0.15) is 26.3 Å². The molecule has 0 unspecified atom stereocenters. The Morgan fingerprint density at radius 3 is 2.16 bits per heavy atom. The summed E-state index contributed by atoms with van der Waals surface area (Å²) in [6.45, 7) is -1.90. The number of fused-ring (bicyclic) bond motifs is 1. The summed E-state index contributed by atoms with van der Waals surface area (Å²) in [6.07, 6.45) is -9.36. The Hall–Kier alpha value is -2.24. The number of sulfonamides is 1. The largest absolute Gasteiger partial charge is 0.417 e. The van der Waals surface area contributed by atoms with Gasteiger partial charge in [0.2, 0.25) is 15.6 Å². The predicted octanol–water partition coefficient (Wildman–Crippen LogP) is 2.88. The molecule has 1 aromatic heterocycles. The number of hydrogen-bond donors (Lipinski definition) is 1. The van der Waals surface area contributed by atoms with Gasteiger partial charge < -0.3 is 4.98 Å². The van der Waals surface area contributed by atoms with E-state index >= 15 is 0 Å². The van der Waals surface area contributed by atoms with E-state index in [1.165, 1.54) is 0 Å². The van der Waals surface area contributed by atoms with E-state index in [0.717, 1.165) is 12.1 Å². The van der Waals surface area contributed by atoms with E-state index in [2.05, 4.69) is 4.98 Å². The summed E-state index contributed by atoms with van der Waals surface area (Å²) in [7, 11) is -4.42. The van der Waals surface area contributed by atoms with Crippen LogP contribution in [0.5, 0.6) is 0 Å². The standard InChI is InChI=1S/C13H10F6N2O3S/c1-25(23,24)21(6-12(14,15)16)7-2-3-10-8(4-7)9(13(17,18)19)5-11(22)20-10/h2-5H,6H2,1H3,(H,20,22). The zero-order chi connectivity index (χ0) is 19.2. The summed E-state index contributed by atoms with van der Waals surface area (Å²) >= 11 is 0. The molecule has 0 spiro atoms. The van der Waals surface area contributed by atoms with E-state index in [0.29, 0.717) is 12.3 Å². The number of rotatable bonds is 3. The average Bonchev–Trinajstić information content (AvgIpc) is 2.40. The maximum absolute atomic E-state index is 13.1. The number of benzene rings is 1. The molecule has 12 heteroatoms. The lowest BCUT2D eigenvalue weighted by atomic mass is 10.1. The van der Waals surface area contributed by atoms with Gasteiger partial charge in [-0.15, -0.1) is 0 Å². The van der Waals surface area contributed by atoms with Crippen LogP contribution in [-0.4, -0.2) is 32.4 Å². The van der Waals surface area contributed by atoms with E-state index in [4.69, 9.17) is 0 Å². The van der Waals surface area contributed by atoms with Crippen molar-refractivity contribution < 1.29 is 34.8 Å². The molecule has 0 saturated carbocycles. The van der Waals surface area contributed by atoms with Crippen molar-refractivity contribution in [1.29, 1.82) is 0 Å². The molecule has 0 fully saturated rings. The second-order valence-corrected chi connectivity index (χ2v) is 7.07. The minimum Gasteiger partial charge on any atom is -0.322 e. The third kappa shape index (κ3) is 4.44. The third-order valence-corrected chi connectivity index (χ3v) is 4.28. The first-order chi connectivity index (χ1) is 11.2. The summed E-state index contributed by atoms with van der Waals surface area (Å²) in [5.41, 5.74) is -3.33. The number of nitrogens with one attached hydrogen (secondary N) is 1. The van der Waals surface area contributed by atoms with Crippen LogP contribution in [0.2, 0.25) is 0 Å². The van der Waals surface area contributed by atoms with Crippen molar-refractivity contribution in [3.05, 3.63) is 40.2 Å². The number of aromatic amines is 1. The molecule has 25 heavy (non-hydrogen) atoms. The molecule has 1 N–H and O–H groups in total. The molecule has 0 saturated heterocycles. The monoisotopic (exact) mass is 388 g/mol. The van der Waals surface area contributed by atoms with Gasteiger partial charge in [-0.1, -0.05) is 0 Å². The van der Waals surface area contributed by atoms with Crippen LogP contribution < -0.4 is 9.86 Å². The Labute approximate surface area is 136 Å². The van der Waals surface area contributed by atoms with Gasteiger partial charge >= 0.3 is 12.4 Å². The molecule has 1 aromatic carbocycles. The van der Waals surface area contributed by atoms with Gasteiger partial charge in [0.1, 0.15) is 6.54 Å². The van der Waals surface area contributed by atoms with Crippen molar-refractivity contribution in [3.63, 3.8) is 0 Å². The Kier molecular flexibility index (Phi) is 4.53. The van der Waals surface area contributed by atoms with Crippen LogP contribution in [-0.2, 0) is 16.2 Å². The molecule has 2 aromatic rings. The molecule has 0 bridgehead atoms. The van der Waals surface area contributed by atoms with E-state index in [1.807, 2.05) is 0 Å². The molecule has 0 aliphatic heterocycles. The first kappa shape index (κ1) is 19.1. The maximum Gasteiger partial charge on any atom is 0.417 e. The molecular formula is C13H10F6N2O3S. The van der Waals surface area contributed by atoms with Crippen LogP contribution in [0.25, 0.3) is 10.9 Å². The van der Waals surface area contributed by atoms with E-state index < -0.39 is 51.1 Å². The molecule has 0 radical (unpaired) electrons. The maximum atomic E-state index is 13.1. The van der Waals surface area contributed by atoms with Crippen molar-refractivity contribution in [3.8, 4) is 0 Å². The number of halogens is 6. The van der Waals surface area contributed by atoms with Crippen LogP contribution in [0.1, 0.15) is 5.56 Å². The SMILES string of the molecule is CS(=O)(=O)N(CC(F)(F)F)c1ccc2[nH]c(=O)cc(C(F)(F)F)c2c1. The predicted molar refractivity (Wildman–Crippen MR) is 77.8 cm³/mol. The van der Waals surface area contributed by atoms with Gasteiger partial charge in [-0.3, -0.25) is 9.10 Å². The molecule has 0 amide bonds. The molecular weight excluding hydrogens is 378 g/mol. The third-order valence-electron chi connectivity index (χ3n) is 3.14. The fourth-order valence-electron chi connectivity index (χ4n) is 2.19. The van der Waals surface area contributed by atoms with Crippen molar-refractivity contribution >= 4 is 26.6 Å². The zero-order valence-corrected chi connectivity index (χ0v) is 13.2. The fraction of sp³-hybridized carbons (Fsp3) is 0.308. The number of H-pyrrole nitrogens is 1. The molecule has 138 valence electrons. The van der Waals surface area contributed by atoms with Crippen molar-refractivity contribution in [1.82, 2.24) is 4.98 Å². The Balaban J connectivity index is 2.74. The van der Waals surface area contributed by atoms with Crippen LogP contribution in [0.4, 0.5) is 32.0 Å². The molecule has 0 aliphatic rings. The number of hydrogen-bond acceptors (Lipinski definition) is 3. The summed E-state index contributed by atoms with van der Waals surface area (Å²) in [5, 5.41) is -0.625. The lowest BCUT2D eigenvalue weighted by Crippen LogP contribution is -2.38. The number of alkyl halides is 6. The van der Waals surface area contributed by atoms with Gasteiger partial charge in [0, 0.05) is 17.0 Å². The minimum atomic E-state index is -4.95. The quantitative estimate of drug-likeness (QED) is 0.823. The highest BCUT2D eigenvalue weighted by Gasteiger charge is 2.36. The zero-order valence-electron chi connectivity index (χ0n) is 12.4. The summed E-state index contributed by atoms with van der Waals surface area (Å²) in [5.74, 6) is 0. The van der Waals surface area contributed by atoms with E-state index in [-0.39, 0.29) is 15.9 Å². The number of anilines is 1. The summed E-state index contributed by atoms with van der Waals surface area (Å²) in [4.78, 5) is 13.4.